The van der Waals surface area contributed by atoms with Crippen molar-refractivity contribution in [2.24, 2.45) is 5.41 Å². The Kier molecular flexibility index (Phi) is 5.05. The van der Waals surface area contributed by atoms with Crippen LogP contribution < -0.4 is 5.32 Å². The summed E-state index contributed by atoms with van der Waals surface area (Å²) < 4.78 is 24.4. The quantitative estimate of drug-likeness (QED) is 0.873. The van der Waals surface area contributed by atoms with Crippen LogP contribution in [0.3, 0.4) is 0 Å². The predicted octanol–water partition coefficient (Wildman–Crippen LogP) is 3.19. The lowest BCUT2D eigenvalue weighted by molar-refractivity contribution is 0.00940. The zero-order valence-electron chi connectivity index (χ0n) is 16.2. The van der Waals surface area contributed by atoms with E-state index in [0.29, 0.717) is 43.6 Å². The number of likely N-dealkylation sites (tertiary alicyclic amines) is 1. The Hall–Kier alpha value is -2.48. The van der Waals surface area contributed by atoms with Crippen LogP contribution in [0.2, 0.25) is 0 Å². The number of amides is 2. The largest absolute Gasteiger partial charge is 0.381 e. The number of halogens is 1. The second-order valence-corrected chi connectivity index (χ2v) is 7.98. The first-order valence-corrected chi connectivity index (χ1v) is 9.70. The summed E-state index contributed by atoms with van der Waals surface area (Å²) in [5.41, 5.74) is 0.573. The predicted molar refractivity (Wildman–Crippen MR) is 100 cm³/mol. The molecule has 0 saturated carbocycles. The summed E-state index contributed by atoms with van der Waals surface area (Å²) in [5, 5.41) is 7.07. The summed E-state index contributed by atoms with van der Waals surface area (Å²) in [6.45, 7) is 6.40. The fourth-order valence-electron chi connectivity index (χ4n) is 4.18. The van der Waals surface area contributed by atoms with Crippen LogP contribution in [0.15, 0.2) is 28.8 Å². The highest BCUT2D eigenvalue weighted by Gasteiger charge is 2.51. The lowest BCUT2D eigenvalue weighted by Gasteiger charge is -2.36. The summed E-state index contributed by atoms with van der Waals surface area (Å²) in [6, 6.07) is 6.01. The molecule has 2 aliphatic heterocycles. The van der Waals surface area contributed by atoms with Gasteiger partial charge in [-0.25, -0.2) is 9.18 Å². The monoisotopic (exact) mass is 388 g/mol. The van der Waals surface area contributed by atoms with E-state index in [2.05, 4.69) is 15.5 Å². The van der Waals surface area contributed by atoms with E-state index in [0.717, 1.165) is 12.8 Å². The summed E-state index contributed by atoms with van der Waals surface area (Å²) >= 11 is 0. The van der Waals surface area contributed by atoms with Gasteiger partial charge in [-0.05, 0) is 51.0 Å². The number of nitrogens with one attached hydrogen (secondary N) is 1. The minimum absolute atomic E-state index is 0.0454. The van der Waals surface area contributed by atoms with Gasteiger partial charge in [-0.2, -0.15) is 4.98 Å². The molecule has 3 heterocycles. The molecule has 150 valence electrons. The summed E-state index contributed by atoms with van der Waals surface area (Å²) in [6.07, 6.45) is 1.69. The maximum atomic E-state index is 13.2. The van der Waals surface area contributed by atoms with Gasteiger partial charge in [-0.1, -0.05) is 5.16 Å². The summed E-state index contributed by atoms with van der Waals surface area (Å²) in [7, 11) is 0. The average Bonchev–Trinajstić information content (AvgIpc) is 3.28. The van der Waals surface area contributed by atoms with Crippen molar-refractivity contribution in [3.05, 3.63) is 36.0 Å². The summed E-state index contributed by atoms with van der Waals surface area (Å²) in [4.78, 5) is 19.0. The number of hydrogen-bond donors (Lipinski definition) is 1. The van der Waals surface area contributed by atoms with Crippen molar-refractivity contribution in [2.45, 2.75) is 38.6 Å². The van der Waals surface area contributed by atoms with Crippen molar-refractivity contribution >= 4 is 6.03 Å². The third kappa shape index (κ3) is 3.61. The van der Waals surface area contributed by atoms with Crippen molar-refractivity contribution in [1.82, 2.24) is 20.4 Å². The van der Waals surface area contributed by atoms with Gasteiger partial charge in [0.05, 0.1) is 5.92 Å². The first-order chi connectivity index (χ1) is 13.5. The van der Waals surface area contributed by atoms with E-state index in [1.165, 1.54) is 12.1 Å². The molecule has 0 unspecified atom stereocenters. The van der Waals surface area contributed by atoms with E-state index in [1.54, 1.807) is 12.1 Å². The van der Waals surface area contributed by atoms with E-state index >= 15 is 0 Å². The Labute approximate surface area is 163 Å². The molecular formula is C20H25FN4O3. The maximum Gasteiger partial charge on any atom is 0.317 e. The topological polar surface area (TPSA) is 80.5 Å². The number of ether oxygens (including phenoxy) is 1. The number of aromatic nitrogens is 2. The fraction of sp³-hybridized carbons (Fsp3) is 0.550. The number of benzene rings is 1. The van der Waals surface area contributed by atoms with Crippen LogP contribution in [0, 0.1) is 11.2 Å². The van der Waals surface area contributed by atoms with Crippen molar-refractivity contribution in [2.75, 3.05) is 26.3 Å². The number of urea groups is 1. The maximum absolute atomic E-state index is 13.2. The van der Waals surface area contributed by atoms with E-state index in [9.17, 15) is 9.18 Å². The molecule has 4 rings (SSSR count). The standard InChI is InChI=1S/C20H25FN4O3/c1-13(2)22-19(26)25-11-16(20(12-25)7-9-27-10-8-20)18-23-17(24-28-18)14-3-5-15(21)6-4-14/h3-6,13,16H,7-12H2,1-2H3,(H,22,26)/t16-/m1/s1. The molecule has 0 radical (unpaired) electrons. The first-order valence-electron chi connectivity index (χ1n) is 9.70. The Bertz CT molecular complexity index is 830. The zero-order valence-corrected chi connectivity index (χ0v) is 16.2. The van der Waals surface area contributed by atoms with Crippen molar-refractivity contribution in [3.8, 4) is 11.4 Å². The fourth-order valence-corrected chi connectivity index (χ4v) is 4.18. The Morgan fingerprint density at radius 1 is 1.29 bits per heavy atom. The smallest absolute Gasteiger partial charge is 0.317 e. The molecule has 7 nitrogen and oxygen atoms in total. The van der Waals surface area contributed by atoms with Crippen molar-refractivity contribution < 1.29 is 18.4 Å². The van der Waals surface area contributed by atoms with Gasteiger partial charge in [0, 0.05) is 43.3 Å². The van der Waals surface area contributed by atoms with Crippen LogP contribution in [-0.2, 0) is 4.74 Å². The SMILES string of the molecule is CC(C)NC(=O)N1C[C@H](c2nc(-c3ccc(F)cc3)no2)C2(CCOCC2)C1. The van der Waals surface area contributed by atoms with Crippen molar-refractivity contribution in [1.29, 1.82) is 0 Å². The minimum Gasteiger partial charge on any atom is -0.381 e. The van der Waals surface area contributed by atoms with Gasteiger partial charge in [0.25, 0.3) is 0 Å². The highest BCUT2D eigenvalue weighted by molar-refractivity contribution is 5.75. The van der Waals surface area contributed by atoms with Gasteiger partial charge in [-0.3, -0.25) is 0 Å². The van der Waals surface area contributed by atoms with Crippen LogP contribution in [0.4, 0.5) is 9.18 Å². The lowest BCUT2D eigenvalue weighted by atomic mass is 9.72. The van der Waals surface area contributed by atoms with Gasteiger partial charge < -0.3 is 19.5 Å². The molecule has 2 fully saturated rings. The van der Waals surface area contributed by atoms with Crippen LogP contribution in [0.25, 0.3) is 11.4 Å². The summed E-state index contributed by atoms with van der Waals surface area (Å²) in [5.74, 6) is 0.607. The molecule has 1 aromatic carbocycles. The van der Waals surface area contributed by atoms with Gasteiger partial charge in [0.15, 0.2) is 0 Å². The Morgan fingerprint density at radius 2 is 2.00 bits per heavy atom. The van der Waals surface area contributed by atoms with Gasteiger partial charge in [0.2, 0.25) is 11.7 Å². The molecule has 2 amide bonds. The molecule has 2 aliphatic rings. The molecule has 1 aromatic heterocycles. The molecule has 1 atom stereocenters. The number of carbonyl (C=O) groups is 1. The Balaban J connectivity index is 1.60. The highest BCUT2D eigenvalue weighted by atomic mass is 19.1. The van der Waals surface area contributed by atoms with Crippen LogP contribution >= 0.6 is 0 Å². The average molecular weight is 388 g/mol. The number of carbonyl (C=O) groups excluding carboxylic acids is 1. The van der Waals surface area contributed by atoms with Crippen LogP contribution in [0.1, 0.15) is 38.5 Å². The number of nitrogens with zero attached hydrogens (tertiary/aromatic N) is 3. The molecule has 2 saturated heterocycles. The van der Waals surface area contributed by atoms with Gasteiger partial charge in [-0.15, -0.1) is 0 Å². The Morgan fingerprint density at radius 3 is 2.68 bits per heavy atom. The third-order valence-corrected chi connectivity index (χ3v) is 5.68. The van der Waals surface area contributed by atoms with E-state index in [4.69, 9.17) is 9.26 Å². The first kappa shape index (κ1) is 18.9. The third-order valence-electron chi connectivity index (χ3n) is 5.68. The zero-order chi connectivity index (χ0) is 19.7. The van der Waals surface area contributed by atoms with Gasteiger partial charge >= 0.3 is 6.03 Å². The van der Waals surface area contributed by atoms with Crippen LogP contribution in [-0.4, -0.2) is 53.4 Å². The molecule has 1 spiro atoms. The van der Waals surface area contributed by atoms with E-state index < -0.39 is 0 Å². The molecular weight excluding hydrogens is 363 g/mol. The van der Waals surface area contributed by atoms with E-state index in [1.807, 2.05) is 18.7 Å². The molecule has 2 aromatic rings. The molecule has 1 N–H and O–H groups in total. The van der Waals surface area contributed by atoms with Crippen LogP contribution in [0.5, 0.6) is 0 Å². The molecule has 28 heavy (non-hydrogen) atoms. The normalized spacial score (nSPS) is 21.4. The van der Waals surface area contributed by atoms with Crippen molar-refractivity contribution in [3.63, 3.8) is 0 Å². The molecule has 0 aliphatic carbocycles. The lowest BCUT2D eigenvalue weighted by Crippen LogP contribution is -2.43. The van der Waals surface area contributed by atoms with Gasteiger partial charge in [0.1, 0.15) is 5.82 Å². The molecule has 8 heteroatoms. The highest BCUT2D eigenvalue weighted by Crippen LogP contribution is 2.49. The molecule has 0 bridgehead atoms. The minimum atomic E-state index is -0.309. The number of rotatable bonds is 3. The van der Waals surface area contributed by atoms with E-state index in [-0.39, 0.29) is 29.2 Å². The second-order valence-electron chi connectivity index (χ2n) is 7.98. The number of hydrogen-bond acceptors (Lipinski definition) is 5. The second kappa shape index (κ2) is 7.50.